The molecule has 0 unspecified atom stereocenters. The first-order valence-corrected chi connectivity index (χ1v) is 4.93. The highest BCUT2D eigenvalue weighted by molar-refractivity contribution is 5.88. The Morgan fingerprint density at radius 3 is 3.06 bits per heavy atom. The van der Waals surface area contributed by atoms with Crippen molar-refractivity contribution in [2.75, 3.05) is 5.32 Å². The van der Waals surface area contributed by atoms with E-state index < -0.39 is 0 Å². The van der Waals surface area contributed by atoms with Crippen LogP contribution in [0.5, 0.6) is 0 Å². The van der Waals surface area contributed by atoms with E-state index in [1.54, 1.807) is 11.0 Å². The summed E-state index contributed by atoms with van der Waals surface area (Å²) in [5.74, 6) is -0.0714. The average Bonchev–Trinajstić information content (AvgIpc) is 2.70. The van der Waals surface area contributed by atoms with E-state index in [4.69, 9.17) is 0 Å². The van der Waals surface area contributed by atoms with Crippen LogP contribution in [0.3, 0.4) is 0 Å². The van der Waals surface area contributed by atoms with Gasteiger partial charge in [0, 0.05) is 12.6 Å². The van der Waals surface area contributed by atoms with Crippen LogP contribution >= 0.6 is 0 Å². The summed E-state index contributed by atoms with van der Waals surface area (Å²) in [5.41, 5.74) is 1.86. The molecule has 0 saturated heterocycles. The first-order chi connectivity index (χ1) is 7.74. The fourth-order valence-corrected chi connectivity index (χ4v) is 1.45. The van der Waals surface area contributed by atoms with Crippen molar-refractivity contribution < 1.29 is 4.79 Å². The van der Waals surface area contributed by atoms with Gasteiger partial charge in [-0.3, -0.25) is 4.79 Å². The number of hydrogen-bond acceptors (Lipinski definition) is 3. The molecule has 2 aromatic rings. The number of anilines is 1. The highest BCUT2D eigenvalue weighted by Crippen LogP contribution is 2.11. The number of hydrogen-bond donors (Lipinski definition) is 1. The molecular weight excluding hydrogens is 204 g/mol. The van der Waals surface area contributed by atoms with Gasteiger partial charge in [-0.15, -0.1) is 0 Å². The number of carbonyl (C=O) groups is 1. The molecular formula is C11H12N4O. The highest BCUT2D eigenvalue weighted by Gasteiger charge is 1.99. The van der Waals surface area contributed by atoms with E-state index in [1.807, 2.05) is 24.3 Å². The molecule has 82 valence electrons. The molecule has 0 radical (unpaired) electrons. The maximum Gasteiger partial charge on any atom is 0.221 e. The number of carbonyl (C=O) groups excluding carboxylic acids is 1. The fourth-order valence-electron chi connectivity index (χ4n) is 1.45. The van der Waals surface area contributed by atoms with Gasteiger partial charge in [-0.25, -0.2) is 9.67 Å². The molecule has 5 heteroatoms. The molecule has 2 rings (SSSR count). The van der Waals surface area contributed by atoms with Crippen LogP contribution in [0.15, 0.2) is 36.9 Å². The van der Waals surface area contributed by atoms with Crippen molar-refractivity contribution in [3.8, 4) is 0 Å². The van der Waals surface area contributed by atoms with Crippen LogP contribution < -0.4 is 5.32 Å². The SMILES string of the molecule is CC(=O)Nc1cccc(Cn2cncn2)c1. The molecule has 16 heavy (non-hydrogen) atoms. The van der Waals surface area contributed by atoms with Crippen LogP contribution in [0.4, 0.5) is 5.69 Å². The van der Waals surface area contributed by atoms with Crippen molar-refractivity contribution in [2.24, 2.45) is 0 Å². The smallest absolute Gasteiger partial charge is 0.221 e. The average molecular weight is 216 g/mol. The third-order valence-electron chi connectivity index (χ3n) is 2.06. The minimum Gasteiger partial charge on any atom is -0.326 e. The molecule has 1 N–H and O–H groups in total. The molecule has 1 heterocycles. The van der Waals surface area contributed by atoms with Gasteiger partial charge in [0.05, 0.1) is 6.54 Å². The molecule has 0 saturated carbocycles. The van der Waals surface area contributed by atoms with Crippen LogP contribution in [0.25, 0.3) is 0 Å². The number of aromatic nitrogens is 3. The molecule has 1 aromatic carbocycles. The van der Waals surface area contributed by atoms with Crippen LogP contribution in [0.2, 0.25) is 0 Å². The zero-order valence-electron chi connectivity index (χ0n) is 8.92. The number of nitrogens with zero attached hydrogens (tertiary/aromatic N) is 3. The number of nitrogens with one attached hydrogen (secondary N) is 1. The van der Waals surface area contributed by atoms with E-state index in [0.29, 0.717) is 6.54 Å². The van der Waals surface area contributed by atoms with Gasteiger partial charge in [0.2, 0.25) is 5.91 Å². The Bertz CT molecular complexity index is 478. The van der Waals surface area contributed by atoms with Crippen LogP contribution in [0, 0.1) is 0 Å². The van der Waals surface area contributed by atoms with Gasteiger partial charge in [0.15, 0.2) is 0 Å². The maximum absolute atomic E-state index is 10.9. The molecule has 0 bridgehead atoms. The molecule has 0 atom stereocenters. The Morgan fingerprint density at radius 1 is 1.50 bits per heavy atom. The lowest BCUT2D eigenvalue weighted by Crippen LogP contribution is -2.06. The Kier molecular flexibility index (Phi) is 2.95. The topological polar surface area (TPSA) is 59.8 Å². The standard InChI is InChI=1S/C11H12N4O/c1-9(16)14-11-4-2-3-10(5-11)6-15-8-12-7-13-15/h2-5,7-8H,6H2,1H3,(H,14,16). The summed E-state index contributed by atoms with van der Waals surface area (Å²) in [7, 11) is 0. The summed E-state index contributed by atoms with van der Waals surface area (Å²) in [6.45, 7) is 2.14. The minimum absolute atomic E-state index is 0.0714. The molecule has 1 aromatic heterocycles. The van der Waals surface area contributed by atoms with Crippen molar-refractivity contribution in [1.82, 2.24) is 14.8 Å². The monoisotopic (exact) mass is 216 g/mol. The Labute approximate surface area is 93.1 Å². The van der Waals surface area contributed by atoms with Gasteiger partial charge in [-0.05, 0) is 17.7 Å². The van der Waals surface area contributed by atoms with E-state index in [2.05, 4.69) is 15.4 Å². The summed E-state index contributed by atoms with van der Waals surface area (Å²) in [5, 5.41) is 6.76. The summed E-state index contributed by atoms with van der Waals surface area (Å²) in [4.78, 5) is 14.8. The number of rotatable bonds is 3. The normalized spacial score (nSPS) is 10.1. The summed E-state index contributed by atoms with van der Waals surface area (Å²) >= 11 is 0. The Balaban J connectivity index is 2.13. The summed E-state index contributed by atoms with van der Waals surface area (Å²) in [6.07, 6.45) is 3.16. The van der Waals surface area contributed by atoms with Crippen molar-refractivity contribution >= 4 is 11.6 Å². The van der Waals surface area contributed by atoms with Crippen LogP contribution in [0.1, 0.15) is 12.5 Å². The fraction of sp³-hybridized carbons (Fsp3) is 0.182. The van der Waals surface area contributed by atoms with Gasteiger partial charge in [-0.1, -0.05) is 12.1 Å². The van der Waals surface area contributed by atoms with Crippen molar-refractivity contribution in [1.29, 1.82) is 0 Å². The molecule has 0 spiro atoms. The van der Waals surface area contributed by atoms with Gasteiger partial charge < -0.3 is 5.32 Å². The summed E-state index contributed by atoms with van der Waals surface area (Å²) in [6, 6.07) is 7.65. The zero-order chi connectivity index (χ0) is 11.4. The molecule has 1 amide bonds. The predicted octanol–water partition coefficient (Wildman–Crippen LogP) is 1.28. The summed E-state index contributed by atoms with van der Waals surface area (Å²) < 4.78 is 1.73. The lowest BCUT2D eigenvalue weighted by atomic mass is 10.2. The first-order valence-electron chi connectivity index (χ1n) is 4.93. The van der Waals surface area contributed by atoms with E-state index in [1.165, 1.54) is 13.3 Å². The minimum atomic E-state index is -0.0714. The number of benzene rings is 1. The van der Waals surface area contributed by atoms with Gasteiger partial charge in [0.1, 0.15) is 12.7 Å². The number of amides is 1. The predicted molar refractivity (Wildman–Crippen MR) is 59.9 cm³/mol. The second-order valence-electron chi connectivity index (χ2n) is 3.47. The lowest BCUT2D eigenvalue weighted by Gasteiger charge is -2.05. The van der Waals surface area contributed by atoms with Crippen LogP contribution in [-0.4, -0.2) is 20.7 Å². The Morgan fingerprint density at radius 2 is 2.38 bits per heavy atom. The van der Waals surface area contributed by atoms with Crippen LogP contribution in [-0.2, 0) is 11.3 Å². The Hall–Kier alpha value is -2.17. The van der Waals surface area contributed by atoms with Crippen molar-refractivity contribution in [3.05, 3.63) is 42.5 Å². The molecule has 0 aliphatic heterocycles. The van der Waals surface area contributed by atoms with E-state index in [9.17, 15) is 4.79 Å². The molecule has 0 aliphatic carbocycles. The van der Waals surface area contributed by atoms with Gasteiger partial charge in [-0.2, -0.15) is 5.10 Å². The zero-order valence-corrected chi connectivity index (χ0v) is 8.92. The second kappa shape index (κ2) is 4.57. The van der Waals surface area contributed by atoms with E-state index in [-0.39, 0.29) is 5.91 Å². The van der Waals surface area contributed by atoms with E-state index >= 15 is 0 Å². The van der Waals surface area contributed by atoms with Gasteiger partial charge >= 0.3 is 0 Å². The first kappa shape index (κ1) is 10.4. The molecule has 5 nitrogen and oxygen atoms in total. The molecule has 0 aliphatic rings. The lowest BCUT2D eigenvalue weighted by molar-refractivity contribution is -0.114. The van der Waals surface area contributed by atoms with Gasteiger partial charge in [0.25, 0.3) is 0 Å². The maximum atomic E-state index is 10.9. The third-order valence-corrected chi connectivity index (χ3v) is 2.06. The quantitative estimate of drug-likeness (QED) is 0.840. The van der Waals surface area contributed by atoms with E-state index in [0.717, 1.165) is 11.3 Å². The third kappa shape index (κ3) is 2.66. The largest absolute Gasteiger partial charge is 0.326 e. The van der Waals surface area contributed by atoms with Crippen molar-refractivity contribution in [3.63, 3.8) is 0 Å². The highest BCUT2D eigenvalue weighted by atomic mass is 16.1. The van der Waals surface area contributed by atoms with Crippen molar-refractivity contribution in [2.45, 2.75) is 13.5 Å². The second-order valence-corrected chi connectivity index (χ2v) is 3.47. The molecule has 0 fully saturated rings.